The molecule has 7 heteroatoms. The zero-order valence-corrected chi connectivity index (χ0v) is 13.2. The summed E-state index contributed by atoms with van der Waals surface area (Å²) in [5.74, 6) is -1.48. The first-order valence-corrected chi connectivity index (χ1v) is 7.02. The molecule has 0 bridgehead atoms. The molecular formula is C15H18ClNO5. The Morgan fingerprint density at radius 1 is 1.18 bits per heavy atom. The highest BCUT2D eigenvalue weighted by atomic mass is 35.5. The normalized spacial score (nSPS) is 11.4. The number of methoxy groups -OCH3 is 2. The average molecular weight is 328 g/mol. The molecule has 0 aromatic heterocycles. The molecule has 0 spiro atoms. The van der Waals surface area contributed by atoms with Crippen molar-refractivity contribution in [2.45, 2.75) is 25.3 Å². The lowest BCUT2D eigenvalue weighted by Crippen LogP contribution is -2.43. The van der Waals surface area contributed by atoms with Crippen LogP contribution >= 0.6 is 11.6 Å². The average Bonchev–Trinajstić information content (AvgIpc) is 2.51. The van der Waals surface area contributed by atoms with Gasteiger partial charge in [0.15, 0.2) is 0 Å². The third-order valence-electron chi connectivity index (χ3n) is 2.93. The topological polar surface area (TPSA) is 81.7 Å². The summed E-state index contributed by atoms with van der Waals surface area (Å²) >= 11 is 5.89. The summed E-state index contributed by atoms with van der Waals surface area (Å²) in [7, 11) is 2.49. The molecule has 1 aromatic carbocycles. The highest BCUT2D eigenvalue weighted by Crippen LogP contribution is 2.13. The first-order valence-electron chi connectivity index (χ1n) is 6.64. The van der Waals surface area contributed by atoms with Crippen LogP contribution in [0.25, 0.3) is 0 Å². The van der Waals surface area contributed by atoms with Crippen LogP contribution in [0.1, 0.15) is 18.4 Å². The Morgan fingerprint density at radius 2 is 1.91 bits per heavy atom. The fourth-order valence-corrected chi connectivity index (χ4v) is 2.03. The van der Waals surface area contributed by atoms with E-state index in [1.165, 1.54) is 14.2 Å². The first-order chi connectivity index (χ1) is 10.5. The molecule has 0 saturated carbocycles. The smallest absolute Gasteiger partial charge is 0.328 e. The lowest BCUT2D eigenvalue weighted by Gasteiger charge is -2.16. The van der Waals surface area contributed by atoms with Crippen LogP contribution in [0.15, 0.2) is 24.3 Å². The molecule has 1 aromatic rings. The van der Waals surface area contributed by atoms with E-state index in [4.69, 9.17) is 11.6 Å². The molecule has 22 heavy (non-hydrogen) atoms. The Hall–Kier alpha value is -2.08. The number of carbonyl (C=O) groups is 3. The van der Waals surface area contributed by atoms with Gasteiger partial charge in [0.1, 0.15) is 6.04 Å². The summed E-state index contributed by atoms with van der Waals surface area (Å²) in [4.78, 5) is 34.6. The van der Waals surface area contributed by atoms with Gasteiger partial charge in [0.2, 0.25) is 5.91 Å². The number of carbonyl (C=O) groups excluding carboxylic acids is 3. The molecule has 1 atom stereocenters. The maximum atomic E-state index is 11.8. The first kappa shape index (κ1) is 18.0. The van der Waals surface area contributed by atoms with Gasteiger partial charge in [-0.2, -0.15) is 0 Å². The van der Waals surface area contributed by atoms with E-state index in [9.17, 15) is 14.4 Å². The number of ether oxygens (including phenoxy) is 2. The van der Waals surface area contributed by atoms with E-state index in [0.29, 0.717) is 5.02 Å². The minimum atomic E-state index is -0.839. The minimum Gasteiger partial charge on any atom is -0.469 e. The van der Waals surface area contributed by atoms with Crippen molar-refractivity contribution in [3.63, 3.8) is 0 Å². The molecule has 1 amide bonds. The third-order valence-corrected chi connectivity index (χ3v) is 3.17. The van der Waals surface area contributed by atoms with Crippen LogP contribution in [0.3, 0.4) is 0 Å². The summed E-state index contributed by atoms with van der Waals surface area (Å²) in [6, 6.07) is 6.13. The van der Waals surface area contributed by atoms with Crippen molar-refractivity contribution in [3.05, 3.63) is 34.9 Å². The molecule has 0 aliphatic carbocycles. The predicted octanol–water partition coefficient (Wildman–Crippen LogP) is 1.49. The summed E-state index contributed by atoms with van der Waals surface area (Å²) in [6.07, 6.45) is 0.139. The summed E-state index contributed by atoms with van der Waals surface area (Å²) < 4.78 is 9.14. The molecule has 0 aliphatic rings. The number of amides is 1. The van der Waals surface area contributed by atoms with Gasteiger partial charge < -0.3 is 14.8 Å². The monoisotopic (exact) mass is 327 g/mol. The van der Waals surface area contributed by atoms with Crippen molar-refractivity contribution in [2.75, 3.05) is 14.2 Å². The van der Waals surface area contributed by atoms with Gasteiger partial charge in [0, 0.05) is 17.9 Å². The zero-order chi connectivity index (χ0) is 16.5. The second-order valence-corrected chi connectivity index (χ2v) is 4.99. The Kier molecular flexibility index (Phi) is 7.39. The Bertz CT molecular complexity index is 546. The van der Waals surface area contributed by atoms with E-state index in [-0.39, 0.29) is 19.3 Å². The number of rotatable bonds is 7. The predicted molar refractivity (Wildman–Crippen MR) is 80.4 cm³/mol. The SMILES string of the molecule is COC(=O)CCC(=O)N[C@H](Cc1cccc(Cl)c1)C(=O)OC. The van der Waals surface area contributed by atoms with Crippen molar-refractivity contribution in [2.24, 2.45) is 0 Å². The van der Waals surface area contributed by atoms with Crippen molar-refractivity contribution < 1.29 is 23.9 Å². The molecule has 0 heterocycles. The maximum absolute atomic E-state index is 11.8. The molecule has 1 N–H and O–H groups in total. The van der Waals surface area contributed by atoms with E-state index in [2.05, 4.69) is 14.8 Å². The minimum absolute atomic E-state index is 0.0482. The van der Waals surface area contributed by atoms with Crippen LogP contribution in [-0.4, -0.2) is 38.1 Å². The molecule has 0 radical (unpaired) electrons. The second-order valence-electron chi connectivity index (χ2n) is 4.55. The van der Waals surface area contributed by atoms with E-state index in [0.717, 1.165) is 5.56 Å². The molecule has 0 saturated heterocycles. The lowest BCUT2D eigenvalue weighted by atomic mass is 10.1. The number of nitrogens with one attached hydrogen (secondary N) is 1. The van der Waals surface area contributed by atoms with E-state index < -0.39 is 23.9 Å². The van der Waals surface area contributed by atoms with Crippen molar-refractivity contribution >= 4 is 29.4 Å². The Labute approximate surface area is 133 Å². The van der Waals surface area contributed by atoms with Gasteiger partial charge in [-0.1, -0.05) is 23.7 Å². The third kappa shape index (κ3) is 6.13. The molecular weight excluding hydrogens is 310 g/mol. The van der Waals surface area contributed by atoms with Gasteiger partial charge in [-0.25, -0.2) is 4.79 Å². The van der Waals surface area contributed by atoms with Gasteiger partial charge in [0.25, 0.3) is 0 Å². The fourth-order valence-electron chi connectivity index (χ4n) is 1.82. The number of hydrogen-bond donors (Lipinski definition) is 1. The number of esters is 2. The summed E-state index contributed by atoms with van der Waals surface area (Å²) in [6.45, 7) is 0. The molecule has 6 nitrogen and oxygen atoms in total. The fraction of sp³-hybridized carbons (Fsp3) is 0.400. The summed E-state index contributed by atoms with van der Waals surface area (Å²) in [5, 5.41) is 3.09. The Morgan fingerprint density at radius 3 is 2.50 bits per heavy atom. The zero-order valence-electron chi connectivity index (χ0n) is 12.4. The van der Waals surface area contributed by atoms with Gasteiger partial charge in [0.05, 0.1) is 20.6 Å². The molecule has 0 unspecified atom stereocenters. The molecule has 0 fully saturated rings. The van der Waals surface area contributed by atoms with Gasteiger partial charge in [-0.05, 0) is 17.7 Å². The van der Waals surface area contributed by atoms with Gasteiger partial charge >= 0.3 is 11.9 Å². The van der Waals surface area contributed by atoms with Crippen LogP contribution in [0, 0.1) is 0 Å². The van der Waals surface area contributed by atoms with Crippen molar-refractivity contribution in [1.82, 2.24) is 5.32 Å². The van der Waals surface area contributed by atoms with Crippen molar-refractivity contribution in [1.29, 1.82) is 0 Å². The van der Waals surface area contributed by atoms with E-state index >= 15 is 0 Å². The Balaban J connectivity index is 2.66. The largest absolute Gasteiger partial charge is 0.469 e. The molecule has 120 valence electrons. The highest BCUT2D eigenvalue weighted by molar-refractivity contribution is 6.30. The standard InChI is InChI=1S/C15H18ClNO5/c1-21-14(19)7-6-13(18)17-12(15(20)22-2)9-10-4-3-5-11(16)8-10/h3-5,8,12H,6-7,9H2,1-2H3,(H,17,18)/t12-/m1/s1. The number of benzene rings is 1. The van der Waals surface area contributed by atoms with E-state index in [1.54, 1.807) is 24.3 Å². The van der Waals surface area contributed by atoms with Gasteiger partial charge in [-0.3, -0.25) is 9.59 Å². The molecule has 1 rings (SSSR count). The molecule has 0 aliphatic heterocycles. The highest BCUT2D eigenvalue weighted by Gasteiger charge is 2.22. The van der Waals surface area contributed by atoms with Gasteiger partial charge in [-0.15, -0.1) is 0 Å². The van der Waals surface area contributed by atoms with Crippen LogP contribution in [0.2, 0.25) is 5.02 Å². The number of halogens is 1. The van der Waals surface area contributed by atoms with Crippen molar-refractivity contribution in [3.8, 4) is 0 Å². The van der Waals surface area contributed by atoms with E-state index in [1.807, 2.05) is 0 Å². The number of hydrogen-bond acceptors (Lipinski definition) is 5. The lowest BCUT2D eigenvalue weighted by molar-refractivity contribution is -0.145. The van der Waals surface area contributed by atoms with Crippen LogP contribution in [0.5, 0.6) is 0 Å². The maximum Gasteiger partial charge on any atom is 0.328 e. The quantitative estimate of drug-likeness (QED) is 0.767. The second kappa shape index (κ2) is 9.04. The van der Waals surface area contributed by atoms with Crippen LogP contribution < -0.4 is 5.32 Å². The van der Waals surface area contributed by atoms with Crippen LogP contribution in [0.4, 0.5) is 0 Å². The summed E-state index contributed by atoms with van der Waals surface area (Å²) in [5.41, 5.74) is 0.788. The van der Waals surface area contributed by atoms with Crippen LogP contribution in [-0.2, 0) is 30.3 Å².